The highest BCUT2D eigenvalue weighted by molar-refractivity contribution is 6.03. The molecular weight excluding hydrogens is 381 g/mol. The summed E-state index contributed by atoms with van der Waals surface area (Å²) in [6.07, 6.45) is 0.834. The van der Waals surface area contributed by atoms with Gasteiger partial charge in [0.25, 0.3) is 5.91 Å². The Balaban J connectivity index is 1.68. The van der Waals surface area contributed by atoms with Crippen LogP contribution in [-0.2, 0) is 6.42 Å². The number of aryl methyl sites for hydroxylation is 1. The molecule has 4 rings (SSSR count). The maximum absolute atomic E-state index is 13.9. The fourth-order valence-electron chi connectivity index (χ4n) is 3.52. The number of halogens is 3. The average Bonchev–Trinajstić information content (AvgIpc) is 3.03. The Morgan fingerprint density at radius 2 is 1.86 bits per heavy atom. The average molecular weight is 398 g/mol. The second-order valence-electron chi connectivity index (χ2n) is 6.89. The molecule has 1 amide bonds. The van der Waals surface area contributed by atoms with Gasteiger partial charge in [0.2, 0.25) is 0 Å². The number of nitrogens with zero attached hydrogens (tertiary/aromatic N) is 3. The molecule has 0 bridgehead atoms. The summed E-state index contributed by atoms with van der Waals surface area (Å²) in [7, 11) is 0. The van der Waals surface area contributed by atoms with Crippen molar-refractivity contribution in [1.29, 1.82) is 0 Å². The van der Waals surface area contributed by atoms with Crippen LogP contribution in [0.1, 0.15) is 28.8 Å². The van der Waals surface area contributed by atoms with Gasteiger partial charge in [0.05, 0.1) is 5.69 Å². The third kappa shape index (κ3) is 3.41. The molecule has 1 atom stereocenters. The molecule has 1 aliphatic rings. The van der Waals surface area contributed by atoms with Gasteiger partial charge in [0.15, 0.2) is 17.5 Å². The lowest BCUT2D eigenvalue weighted by Gasteiger charge is -2.24. The van der Waals surface area contributed by atoms with E-state index in [1.54, 1.807) is 6.92 Å². The summed E-state index contributed by atoms with van der Waals surface area (Å²) >= 11 is 0. The number of para-hydroxylation sites is 1. The molecule has 1 aromatic heterocycles. The second-order valence-corrected chi connectivity index (χ2v) is 6.89. The zero-order chi connectivity index (χ0) is 20.7. The molecule has 1 N–H and O–H groups in total. The predicted molar refractivity (Wildman–Crippen MR) is 103 cm³/mol. The molecule has 8 heteroatoms. The van der Waals surface area contributed by atoms with Crippen molar-refractivity contribution in [3.8, 4) is 0 Å². The highest BCUT2D eigenvalue weighted by atomic mass is 19.2. The van der Waals surface area contributed by atoms with Gasteiger partial charge in [0, 0.05) is 17.8 Å². The van der Waals surface area contributed by atoms with Crippen molar-refractivity contribution in [2.75, 3.05) is 10.2 Å². The Kier molecular flexibility index (Phi) is 4.70. The lowest BCUT2D eigenvalue weighted by atomic mass is 10.1. The SMILES string of the molecule is Cc1nc(C(=O)Nc2ccc(F)c(F)c2F)cc(N2c3ccccc3CC2C)n1. The van der Waals surface area contributed by atoms with Gasteiger partial charge in [-0.3, -0.25) is 4.79 Å². The minimum atomic E-state index is -1.65. The van der Waals surface area contributed by atoms with E-state index in [0.717, 1.165) is 24.2 Å². The van der Waals surface area contributed by atoms with Gasteiger partial charge in [-0.25, -0.2) is 23.1 Å². The Bertz CT molecular complexity index is 1120. The molecule has 3 aromatic rings. The van der Waals surface area contributed by atoms with Gasteiger partial charge >= 0.3 is 0 Å². The molecule has 5 nitrogen and oxygen atoms in total. The zero-order valence-corrected chi connectivity index (χ0v) is 15.7. The molecule has 0 saturated carbocycles. The second kappa shape index (κ2) is 7.20. The number of hydrogen-bond acceptors (Lipinski definition) is 4. The Labute approximate surface area is 165 Å². The van der Waals surface area contributed by atoms with Crippen LogP contribution >= 0.6 is 0 Å². The van der Waals surface area contributed by atoms with Crippen molar-refractivity contribution in [3.05, 3.63) is 77.0 Å². The van der Waals surface area contributed by atoms with Crippen molar-refractivity contribution in [1.82, 2.24) is 9.97 Å². The van der Waals surface area contributed by atoms with E-state index in [1.165, 1.54) is 11.6 Å². The molecule has 148 valence electrons. The van der Waals surface area contributed by atoms with Crippen LogP contribution in [0.4, 0.5) is 30.4 Å². The summed E-state index contributed by atoms with van der Waals surface area (Å²) in [4.78, 5) is 23.2. The molecule has 1 unspecified atom stereocenters. The summed E-state index contributed by atoms with van der Waals surface area (Å²) in [6, 6.07) is 11.2. The lowest BCUT2D eigenvalue weighted by molar-refractivity contribution is 0.102. The van der Waals surface area contributed by atoms with E-state index in [4.69, 9.17) is 0 Å². The van der Waals surface area contributed by atoms with Crippen LogP contribution in [0.5, 0.6) is 0 Å². The molecule has 0 spiro atoms. The number of aromatic nitrogens is 2. The Morgan fingerprint density at radius 3 is 2.66 bits per heavy atom. The van der Waals surface area contributed by atoms with Gasteiger partial charge < -0.3 is 10.2 Å². The maximum atomic E-state index is 13.9. The predicted octanol–water partition coefficient (Wildman–Crippen LogP) is 4.54. The standard InChI is InChI=1S/C21H17F3N4O/c1-11-9-13-5-3-4-6-17(13)28(11)18-10-16(25-12(2)26-18)21(29)27-15-8-7-14(22)19(23)20(15)24/h3-8,10-11H,9H2,1-2H3,(H,27,29). The van der Waals surface area contributed by atoms with Crippen molar-refractivity contribution in [3.63, 3.8) is 0 Å². The molecule has 0 saturated heterocycles. The first kappa shape index (κ1) is 18.9. The monoisotopic (exact) mass is 398 g/mol. The van der Waals surface area contributed by atoms with E-state index in [1.807, 2.05) is 36.1 Å². The smallest absolute Gasteiger partial charge is 0.274 e. The topological polar surface area (TPSA) is 58.1 Å². The van der Waals surface area contributed by atoms with Gasteiger partial charge in [-0.05, 0) is 44.0 Å². The summed E-state index contributed by atoms with van der Waals surface area (Å²) in [5.74, 6) is -4.30. The normalized spacial score (nSPS) is 15.3. The van der Waals surface area contributed by atoms with E-state index in [9.17, 15) is 18.0 Å². The first-order valence-corrected chi connectivity index (χ1v) is 9.03. The maximum Gasteiger partial charge on any atom is 0.274 e. The van der Waals surface area contributed by atoms with E-state index >= 15 is 0 Å². The summed E-state index contributed by atoms with van der Waals surface area (Å²) in [5.41, 5.74) is 1.70. The molecular formula is C21H17F3N4O. The molecule has 0 radical (unpaired) electrons. The van der Waals surface area contributed by atoms with Crippen LogP contribution in [0.25, 0.3) is 0 Å². The minimum Gasteiger partial charge on any atom is -0.323 e. The molecule has 1 aliphatic heterocycles. The number of carbonyl (C=O) groups excluding carboxylic acids is 1. The van der Waals surface area contributed by atoms with E-state index < -0.39 is 29.0 Å². The van der Waals surface area contributed by atoms with Crippen LogP contribution < -0.4 is 10.2 Å². The van der Waals surface area contributed by atoms with Gasteiger partial charge in [-0.2, -0.15) is 0 Å². The molecule has 2 aromatic carbocycles. The van der Waals surface area contributed by atoms with Crippen molar-refractivity contribution < 1.29 is 18.0 Å². The first-order chi connectivity index (χ1) is 13.8. The van der Waals surface area contributed by atoms with Gasteiger partial charge in [-0.1, -0.05) is 18.2 Å². The van der Waals surface area contributed by atoms with Crippen molar-refractivity contribution >= 4 is 23.1 Å². The van der Waals surface area contributed by atoms with Crippen LogP contribution in [0.3, 0.4) is 0 Å². The Morgan fingerprint density at radius 1 is 1.10 bits per heavy atom. The quantitative estimate of drug-likeness (QED) is 0.659. The molecule has 0 aliphatic carbocycles. The van der Waals surface area contributed by atoms with Gasteiger partial charge in [0.1, 0.15) is 17.3 Å². The number of rotatable bonds is 3. The number of fused-ring (bicyclic) bond motifs is 1. The van der Waals surface area contributed by atoms with E-state index in [2.05, 4.69) is 15.3 Å². The summed E-state index contributed by atoms with van der Waals surface area (Å²) < 4.78 is 40.4. The third-order valence-corrected chi connectivity index (χ3v) is 4.79. The minimum absolute atomic E-state index is 0.00628. The largest absolute Gasteiger partial charge is 0.323 e. The number of amides is 1. The Hall–Kier alpha value is -3.42. The summed E-state index contributed by atoms with van der Waals surface area (Å²) in [5, 5.41) is 2.24. The van der Waals surface area contributed by atoms with Crippen LogP contribution in [-0.4, -0.2) is 21.9 Å². The molecule has 29 heavy (non-hydrogen) atoms. The van der Waals surface area contributed by atoms with E-state index in [0.29, 0.717) is 11.6 Å². The number of carbonyl (C=O) groups is 1. The zero-order valence-electron chi connectivity index (χ0n) is 15.7. The highest BCUT2D eigenvalue weighted by Crippen LogP contribution is 2.37. The van der Waals surface area contributed by atoms with Crippen molar-refractivity contribution in [2.45, 2.75) is 26.3 Å². The fourth-order valence-corrected chi connectivity index (χ4v) is 3.52. The highest BCUT2D eigenvalue weighted by Gasteiger charge is 2.29. The number of nitrogens with one attached hydrogen (secondary N) is 1. The molecule has 2 heterocycles. The van der Waals surface area contributed by atoms with Gasteiger partial charge in [-0.15, -0.1) is 0 Å². The number of hydrogen-bond donors (Lipinski definition) is 1. The first-order valence-electron chi connectivity index (χ1n) is 9.03. The number of anilines is 3. The fraction of sp³-hybridized carbons (Fsp3) is 0.190. The van der Waals surface area contributed by atoms with Crippen LogP contribution in [0, 0.1) is 24.4 Å². The third-order valence-electron chi connectivity index (χ3n) is 4.79. The summed E-state index contributed by atoms with van der Waals surface area (Å²) in [6.45, 7) is 3.69. The molecule has 0 fully saturated rings. The van der Waals surface area contributed by atoms with Crippen LogP contribution in [0.15, 0.2) is 42.5 Å². The lowest BCUT2D eigenvalue weighted by Crippen LogP contribution is -2.26. The van der Waals surface area contributed by atoms with E-state index in [-0.39, 0.29) is 11.7 Å². The number of benzene rings is 2. The van der Waals surface area contributed by atoms with Crippen molar-refractivity contribution in [2.24, 2.45) is 0 Å². The van der Waals surface area contributed by atoms with Crippen LogP contribution in [0.2, 0.25) is 0 Å².